The van der Waals surface area contributed by atoms with E-state index in [0.717, 1.165) is 5.69 Å². The molecule has 2 N–H and O–H groups in total. The van der Waals surface area contributed by atoms with Crippen molar-refractivity contribution in [3.8, 4) is 0 Å². The molecule has 0 saturated heterocycles. The standard InChI is InChI=1S/C11H14N4O/c1-7-4-8(2)6-9(5-7)15(3)11-14-13-10(12)16-11/h4-6H,1-3H3,(H2,12,13). The van der Waals surface area contributed by atoms with Gasteiger partial charge < -0.3 is 10.2 Å². The van der Waals surface area contributed by atoms with Crippen LogP contribution in [0.1, 0.15) is 11.1 Å². The summed E-state index contributed by atoms with van der Waals surface area (Å²) in [5, 5.41) is 7.46. The zero-order valence-corrected chi connectivity index (χ0v) is 9.56. The SMILES string of the molecule is Cc1cc(C)cc(N(C)c2nnc(N)o2)c1. The third kappa shape index (κ3) is 1.98. The molecule has 0 fully saturated rings. The lowest BCUT2D eigenvalue weighted by Crippen LogP contribution is -2.10. The van der Waals surface area contributed by atoms with Gasteiger partial charge in [-0.1, -0.05) is 16.3 Å². The summed E-state index contributed by atoms with van der Waals surface area (Å²) in [6, 6.07) is 6.68. The normalized spacial score (nSPS) is 10.4. The zero-order valence-electron chi connectivity index (χ0n) is 9.56. The van der Waals surface area contributed by atoms with E-state index >= 15 is 0 Å². The minimum absolute atomic E-state index is 0.0752. The first kappa shape index (κ1) is 10.5. The first-order valence-corrected chi connectivity index (χ1v) is 4.97. The van der Waals surface area contributed by atoms with E-state index in [-0.39, 0.29) is 6.01 Å². The van der Waals surface area contributed by atoms with Gasteiger partial charge in [-0.25, -0.2) is 0 Å². The number of nitrogens with zero attached hydrogens (tertiary/aromatic N) is 3. The number of nitrogens with two attached hydrogens (primary N) is 1. The van der Waals surface area contributed by atoms with Crippen LogP contribution in [-0.4, -0.2) is 17.2 Å². The topological polar surface area (TPSA) is 68.2 Å². The summed E-state index contributed by atoms with van der Waals surface area (Å²) in [7, 11) is 1.86. The molecule has 0 unspecified atom stereocenters. The van der Waals surface area contributed by atoms with Crippen molar-refractivity contribution in [2.24, 2.45) is 0 Å². The lowest BCUT2D eigenvalue weighted by atomic mass is 10.1. The quantitative estimate of drug-likeness (QED) is 0.835. The number of aromatic nitrogens is 2. The van der Waals surface area contributed by atoms with E-state index in [0.29, 0.717) is 6.01 Å². The van der Waals surface area contributed by atoms with Crippen LogP contribution in [0.3, 0.4) is 0 Å². The minimum Gasteiger partial charge on any atom is -0.389 e. The minimum atomic E-state index is 0.0752. The van der Waals surface area contributed by atoms with Gasteiger partial charge in [-0.05, 0) is 37.1 Å². The van der Waals surface area contributed by atoms with Crippen LogP contribution < -0.4 is 10.6 Å². The molecule has 0 atom stereocenters. The molecule has 5 heteroatoms. The Hall–Kier alpha value is -2.04. The van der Waals surface area contributed by atoms with E-state index < -0.39 is 0 Å². The molecule has 0 radical (unpaired) electrons. The molecule has 0 bridgehead atoms. The van der Waals surface area contributed by atoms with Crippen LogP contribution in [0.15, 0.2) is 22.6 Å². The molecule has 0 amide bonds. The van der Waals surface area contributed by atoms with Crippen molar-refractivity contribution in [1.82, 2.24) is 10.2 Å². The largest absolute Gasteiger partial charge is 0.389 e. The molecule has 84 valence electrons. The fourth-order valence-electron chi connectivity index (χ4n) is 1.62. The molecule has 0 aliphatic heterocycles. The van der Waals surface area contributed by atoms with Gasteiger partial charge in [0, 0.05) is 12.7 Å². The zero-order chi connectivity index (χ0) is 11.7. The second kappa shape index (κ2) is 3.84. The molecule has 1 heterocycles. The summed E-state index contributed by atoms with van der Waals surface area (Å²) in [5.74, 6) is 0. The van der Waals surface area contributed by atoms with Crippen molar-refractivity contribution < 1.29 is 4.42 Å². The van der Waals surface area contributed by atoms with E-state index in [4.69, 9.17) is 10.2 Å². The highest BCUT2D eigenvalue weighted by molar-refractivity contribution is 5.57. The van der Waals surface area contributed by atoms with E-state index in [2.05, 4.69) is 16.3 Å². The van der Waals surface area contributed by atoms with Crippen LogP contribution in [0.25, 0.3) is 0 Å². The van der Waals surface area contributed by atoms with Gasteiger partial charge in [0.25, 0.3) is 0 Å². The predicted molar refractivity (Wildman–Crippen MR) is 62.7 cm³/mol. The Morgan fingerprint density at radius 2 is 1.75 bits per heavy atom. The van der Waals surface area contributed by atoms with Gasteiger partial charge in [0.15, 0.2) is 0 Å². The van der Waals surface area contributed by atoms with E-state index in [1.807, 2.05) is 37.9 Å². The highest BCUT2D eigenvalue weighted by atomic mass is 16.4. The fourth-order valence-corrected chi connectivity index (χ4v) is 1.62. The van der Waals surface area contributed by atoms with Crippen LogP contribution in [0.5, 0.6) is 0 Å². The maximum atomic E-state index is 5.39. The second-order valence-electron chi connectivity index (χ2n) is 3.83. The van der Waals surface area contributed by atoms with Gasteiger partial charge in [0.05, 0.1) is 0 Å². The highest BCUT2D eigenvalue weighted by Crippen LogP contribution is 2.24. The number of anilines is 3. The lowest BCUT2D eigenvalue weighted by molar-refractivity contribution is 0.576. The van der Waals surface area contributed by atoms with E-state index in [1.54, 1.807) is 0 Å². The lowest BCUT2D eigenvalue weighted by Gasteiger charge is -2.15. The first-order valence-electron chi connectivity index (χ1n) is 4.97. The Bertz CT molecular complexity index is 486. The Labute approximate surface area is 93.9 Å². The van der Waals surface area contributed by atoms with Crippen molar-refractivity contribution in [2.75, 3.05) is 17.7 Å². The number of benzene rings is 1. The molecule has 0 aliphatic rings. The van der Waals surface area contributed by atoms with Gasteiger partial charge in [0.2, 0.25) is 0 Å². The molecule has 0 spiro atoms. The molecule has 1 aromatic carbocycles. The van der Waals surface area contributed by atoms with Crippen molar-refractivity contribution in [3.63, 3.8) is 0 Å². The molecular formula is C11H14N4O. The number of rotatable bonds is 2. The van der Waals surface area contributed by atoms with Gasteiger partial charge in [-0.2, -0.15) is 0 Å². The third-order valence-corrected chi connectivity index (χ3v) is 2.31. The van der Waals surface area contributed by atoms with Gasteiger partial charge in [0.1, 0.15) is 0 Å². The summed E-state index contributed by atoms with van der Waals surface area (Å²) in [6.07, 6.45) is 0. The summed E-state index contributed by atoms with van der Waals surface area (Å²) in [6.45, 7) is 4.10. The summed E-state index contributed by atoms with van der Waals surface area (Å²) in [5.41, 5.74) is 8.77. The molecular weight excluding hydrogens is 204 g/mol. The van der Waals surface area contributed by atoms with Gasteiger partial charge in [-0.3, -0.25) is 4.90 Å². The number of hydrogen-bond donors (Lipinski definition) is 1. The van der Waals surface area contributed by atoms with Crippen molar-refractivity contribution in [2.45, 2.75) is 13.8 Å². The Balaban J connectivity index is 2.37. The summed E-state index contributed by atoms with van der Waals surface area (Å²) in [4.78, 5) is 1.81. The molecule has 0 saturated carbocycles. The fraction of sp³-hybridized carbons (Fsp3) is 0.273. The van der Waals surface area contributed by atoms with Crippen LogP contribution in [0.2, 0.25) is 0 Å². The molecule has 0 aliphatic carbocycles. The molecule has 2 aromatic rings. The molecule has 5 nitrogen and oxygen atoms in total. The molecule has 1 aromatic heterocycles. The highest BCUT2D eigenvalue weighted by Gasteiger charge is 2.11. The van der Waals surface area contributed by atoms with E-state index in [1.165, 1.54) is 11.1 Å². The van der Waals surface area contributed by atoms with Gasteiger partial charge in [-0.15, -0.1) is 0 Å². The van der Waals surface area contributed by atoms with Crippen LogP contribution >= 0.6 is 0 Å². The Morgan fingerprint density at radius 1 is 1.12 bits per heavy atom. The smallest absolute Gasteiger partial charge is 0.323 e. The van der Waals surface area contributed by atoms with Crippen LogP contribution in [0, 0.1) is 13.8 Å². The second-order valence-corrected chi connectivity index (χ2v) is 3.83. The van der Waals surface area contributed by atoms with Gasteiger partial charge >= 0.3 is 12.0 Å². The Morgan fingerprint density at radius 3 is 2.25 bits per heavy atom. The van der Waals surface area contributed by atoms with Crippen molar-refractivity contribution >= 4 is 17.7 Å². The van der Waals surface area contributed by atoms with Crippen molar-refractivity contribution in [3.05, 3.63) is 29.3 Å². The molecule has 2 rings (SSSR count). The number of hydrogen-bond acceptors (Lipinski definition) is 5. The van der Waals surface area contributed by atoms with Crippen LogP contribution in [-0.2, 0) is 0 Å². The van der Waals surface area contributed by atoms with Crippen molar-refractivity contribution in [1.29, 1.82) is 0 Å². The number of aryl methyl sites for hydroxylation is 2. The summed E-state index contributed by atoms with van der Waals surface area (Å²) < 4.78 is 5.16. The maximum Gasteiger partial charge on any atom is 0.323 e. The Kier molecular flexibility index (Phi) is 2.52. The van der Waals surface area contributed by atoms with E-state index in [9.17, 15) is 0 Å². The number of nitrogen functional groups attached to an aromatic ring is 1. The van der Waals surface area contributed by atoms with Crippen LogP contribution in [0.4, 0.5) is 17.7 Å². The first-order chi connectivity index (χ1) is 7.56. The third-order valence-electron chi connectivity index (χ3n) is 2.31. The summed E-state index contributed by atoms with van der Waals surface area (Å²) >= 11 is 0. The predicted octanol–water partition coefficient (Wildman–Crippen LogP) is 2.04. The monoisotopic (exact) mass is 218 g/mol. The average molecular weight is 218 g/mol. The molecule has 16 heavy (non-hydrogen) atoms. The average Bonchev–Trinajstić information content (AvgIpc) is 2.62. The maximum absolute atomic E-state index is 5.39.